The van der Waals surface area contributed by atoms with Crippen LogP contribution in [0.15, 0.2) is 89.8 Å². The van der Waals surface area contributed by atoms with Gasteiger partial charge in [0, 0.05) is 0 Å². The Kier molecular flexibility index (Phi) is 6.45. The van der Waals surface area contributed by atoms with E-state index in [0.717, 1.165) is 21.9 Å². The number of aromatic carboxylic acids is 1. The SMILES string of the molecule is NS(=O)(=O)c1ccc(COC(=O)c2ccc3ccc(Cc4ccc(C(=O)O)cc4)cc3c2)cc1. The Labute approximate surface area is 196 Å². The predicted octanol–water partition coefficient (Wildman–Crippen LogP) is 4.13. The van der Waals surface area contributed by atoms with Gasteiger partial charge in [-0.15, -0.1) is 0 Å². The second-order valence-electron chi connectivity index (χ2n) is 7.84. The molecule has 4 aromatic carbocycles. The van der Waals surface area contributed by atoms with Crippen molar-refractivity contribution < 1.29 is 27.9 Å². The first-order valence-corrected chi connectivity index (χ1v) is 11.9. The van der Waals surface area contributed by atoms with Gasteiger partial charge in [0.25, 0.3) is 0 Å². The lowest BCUT2D eigenvalue weighted by Gasteiger charge is -2.08. The molecule has 0 saturated carbocycles. The smallest absolute Gasteiger partial charge is 0.338 e. The number of primary sulfonamides is 1. The fraction of sp³-hybridized carbons (Fsp3) is 0.0769. The largest absolute Gasteiger partial charge is 0.478 e. The number of rotatable bonds is 7. The van der Waals surface area contributed by atoms with Crippen LogP contribution >= 0.6 is 0 Å². The number of carboxylic acids is 1. The standard InChI is InChI=1S/C26H21NO6S/c27-34(31,32)24-11-4-18(5-12-24)16-33-26(30)22-10-9-20-6-3-19(14-23(20)15-22)13-17-1-7-21(8-2-17)25(28)29/h1-12,14-15H,13,16H2,(H,28,29)(H2,27,31,32). The summed E-state index contributed by atoms with van der Waals surface area (Å²) in [5.41, 5.74) is 3.28. The highest BCUT2D eigenvalue weighted by atomic mass is 32.2. The summed E-state index contributed by atoms with van der Waals surface area (Å²) in [6.45, 7) is -0.00581. The third kappa shape index (κ3) is 5.48. The van der Waals surface area contributed by atoms with E-state index in [2.05, 4.69) is 0 Å². The van der Waals surface area contributed by atoms with Crippen molar-refractivity contribution in [2.24, 2.45) is 5.14 Å². The number of sulfonamides is 1. The van der Waals surface area contributed by atoms with Crippen molar-refractivity contribution in [2.75, 3.05) is 0 Å². The second-order valence-corrected chi connectivity index (χ2v) is 9.40. The fourth-order valence-corrected chi connectivity index (χ4v) is 4.06. The number of hydrogen-bond acceptors (Lipinski definition) is 5. The van der Waals surface area contributed by atoms with Crippen LogP contribution < -0.4 is 5.14 Å². The Morgan fingerprint density at radius 2 is 1.32 bits per heavy atom. The quantitative estimate of drug-likeness (QED) is 0.387. The number of carboxylic acid groups (broad SMARTS) is 1. The average molecular weight is 476 g/mol. The summed E-state index contributed by atoms with van der Waals surface area (Å²) >= 11 is 0. The van der Waals surface area contributed by atoms with E-state index in [4.69, 9.17) is 15.0 Å². The molecule has 4 rings (SSSR count). The molecule has 7 nitrogen and oxygen atoms in total. The van der Waals surface area contributed by atoms with E-state index in [0.29, 0.717) is 17.5 Å². The average Bonchev–Trinajstić information content (AvgIpc) is 2.82. The Morgan fingerprint density at radius 3 is 1.97 bits per heavy atom. The highest BCUT2D eigenvalue weighted by molar-refractivity contribution is 7.89. The molecule has 3 N–H and O–H groups in total. The van der Waals surface area contributed by atoms with Crippen molar-refractivity contribution in [3.05, 3.63) is 113 Å². The van der Waals surface area contributed by atoms with E-state index in [-0.39, 0.29) is 17.1 Å². The van der Waals surface area contributed by atoms with Crippen LogP contribution in [0.1, 0.15) is 37.4 Å². The molecule has 0 atom stereocenters. The maximum absolute atomic E-state index is 12.6. The molecule has 8 heteroatoms. The zero-order valence-corrected chi connectivity index (χ0v) is 18.8. The molecule has 0 unspecified atom stereocenters. The number of hydrogen-bond donors (Lipinski definition) is 2. The molecule has 172 valence electrons. The fourth-order valence-electron chi connectivity index (χ4n) is 3.54. The molecule has 4 aromatic rings. The van der Waals surface area contributed by atoms with Gasteiger partial charge >= 0.3 is 11.9 Å². The summed E-state index contributed by atoms with van der Waals surface area (Å²) in [7, 11) is -3.78. The third-order valence-corrected chi connectivity index (χ3v) is 6.30. The van der Waals surface area contributed by atoms with Gasteiger partial charge in [0.2, 0.25) is 10.0 Å². The molecule has 0 aliphatic rings. The van der Waals surface area contributed by atoms with Crippen LogP contribution in [-0.2, 0) is 27.8 Å². The Bertz CT molecular complexity index is 1480. The molecular weight excluding hydrogens is 454 g/mol. The summed E-state index contributed by atoms with van der Waals surface area (Å²) in [6, 6.07) is 23.8. The molecular formula is C26H21NO6S. The number of fused-ring (bicyclic) bond motifs is 1. The number of nitrogens with two attached hydrogens (primary N) is 1. The van der Waals surface area contributed by atoms with Crippen molar-refractivity contribution in [2.45, 2.75) is 17.9 Å². The molecule has 0 bridgehead atoms. The van der Waals surface area contributed by atoms with Gasteiger partial charge in [0.15, 0.2) is 0 Å². The highest BCUT2D eigenvalue weighted by Gasteiger charge is 2.11. The van der Waals surface area contributed by atoms with Gasteiger partial charge in [-0.05, 0) is 70.3 Å². The summed E-state index contributed by atoms with van der Waals surface area (Å²) in [4.78, 5) is 23.6. The molecule has 0 aromatic heterocycles. The number of carbonyl (C=O) groups excluding carboxylic acids is 1. The van der Waals surface area contributed by atoms with E-state index >= 15 is 0 Å². The Hall–Kier alpha value is -4.01. The molecule has 0 spiro atoms. The monoisotopic (exact) mass is 475 g/mol. The van der Waals surface area contributed by atoms with Crippen LogP contribution in [0.25, 0.3) is 10.8 Å². The van der Waals surface area contributed by atoms with E-state index in [1.54, 1.807) is 48.5 Å². The van der Waals surface area contributed by atoms with Crippen molar-refractivity contribution >= 4 is 32.7 Å². The van der Waals surface area contributed by atoms with Crippen LogP contribution in [0, 0.1) is 0 Å². The minimum Gasteiger partial charge on any atom is -0.478 e. The number of ether oxygens (including phenoxy) is 1. The van der Waals surface area contributed by atoms with Gasteiger partial charge in [0.1, 0.15) is 6.61 Å². The predicted molar refractivity (Wildman–Crippen MR) is 127 cm³/mol. The van der Waals surface area contributed by atoms with Gasteiger partial charge in [-0.1, -0.05) is 48.5 Å². The van der Waals surface area contributed by atoms with Crippen LogP contribution in [0.4, 0.5) is 0 Å². The van der Waals surface area contributed by atoms with E-state index in [1.165, 1.54) is 12.1 Å². The summed E-state index contributed by atoms with van der Waals surface area (Å²) < 4.78 is 28.1. The Morgan fingerprint density at radius 1 is 0.735 bits per heavy atom. The summed E-state index contributed by atoms with van der Waals surface area (Å²) in [5.74, 6) is -1.45. The van der Waals surface area contributed by atoms with Crippen LogP contribution in [0.5, 0.6) is 0 Å². The highest BCUT2D eigenvalue weighted by Crippen LogP contribution is 2.21. The van der Waals surface area contributed by atoms with Gasteiger partial charge in [-0.2, -0.15) is 0 Å². The minimum absolute atomic E-state index is 0.00581. The van der Waals surface area contributed by atoms with Crippen molar-refractivity contribution in [3.63, 3.8) is 0 Å². The maximum atomic E-state index is 12.6. The van der Waals surface area contributed by atoms with Gasteiger partial charge in [-0.3, -0.25) is 0 Å². The van der Waals surface area contributed by atoms with Crippen LogP contribution in [0.2, 0.25) is 0 Å². The Balaban J connectivity index is 1.46. The van der Waals surface area contributed by atoms with Gasteiger partial charge in [-0.25, -0.2) is 23.1 Å². The van der Waals surface area contributed by atoms with Crippen molar-refractivity contribution in [1.82, 2.24) is 0 Å². The lowest BCUT2D eigenvalue weighted by atomic mass is 9.99. The molecule has 0 heterocycles. The zero-order chi connectivity index (χ0) is 24.3. The lowest BCUT2D eigenvalue weighted by Crippen LogP contribution is -2.12. The molecule has 34 heavy (non-hydrogen) atoms. The van der Waals surface area contributed by atoms with Crippen molar-refractivity contribution in [1.29, 1.82) is 0 Å². The second kappa shape index (κ2) is 9.46. The topological polar surface area (TPSA) is 124 Å². The lowest BCUT2D eigenvalue weighted by molar-refractivity contribution is 0.0472. The van der Waals surface area contributed by atoms with Gasteiger partial charge in [0.05, 0.1) is 16.0 Å². The number of carbonyl (C=O) groups is 2. The zero-order valence-electron chi connectivity index (χ0n) is 18.0. The first kappa shape index (κ1) is 23.2. The van der Waals surface area contributed by atoms with E-state index in [1.807, 2.05) is 24.3 Å². The first-order valence-electron chi connectivity index (χ1n) is 10.3. The molecule has 0 aliphatic carbocycles. The van der Waals surface area contributed by atoms with Crippen LogP contribution in [0.3, 0.4) is 0 Å². The third-order valence-electron chi connectivity index (χ3n) is 5.37. The van der Waals surface area contributed by atoms with E-state index in [9.17, 15) is 18.0 Å². The van der Waals surface area contributed by atoms with Crippen LogP contribution in [-0.4, -0.2) is 25.5 Å². The number of esters is 1. The van der Waals surface area contributed by atoms with Crippen molar-refractivity contribution in [3.8, 4) is 0 Å². The van der Waals surface area contributed by atoms with E-state index < -0.39 is 22.0 Å². The molecule has 0 amide bonds. The first-order chi connectivity index (χ1) is 16.2. The molecule has 0 fully saturated rings. The summed E-state index contributed by atoms with van der Waals surface area (Å²) in [6.07, 6.45) is 0.624. The molecule has 0 aliphatic heterocycles. The minimum atomic E-state index is -3.78. The van der Waals surface area contributed by atoms with Gasteiger partial charge < -0.3 is 9.84 Å². The normalized spacial score (nSPS) is 11.3. The maximum Gasteiger partial charge on any atom is 0.338 e. The summed E-state index contributed by atoms with van der Waals surface area (Å²) in [5, 5.41) is 16.0. The number of benzene rings is 4. The molecule has 0 radical (unpaired) electrons. The molecule has 0 saturated heterocycles.